The summed E-state index contributed by atoms with van der Waals surface area (Å²) in [6, 6.07) is 13.5. The van der Waals surface area contributed by atoms with Crippen LogP contribution in [0.2, 0.25) is 0 Å². The van der Waals surface area contributed by atoms with Crippen molar-refractivity contribution >= 4 is 11.7 Å². The highest BCUT2D eigenvalue weighted by molar-refractivity contribution is 6.11. The molecule has 5 rings (SSSR count). The Morgan fingerprint density at radius 1 is 0.971 bits per heavy atom. The van der Waals surface area contributed by atoms with Gasteiger partial charge >= 0.3 is 0 Å². The van der Waals surface area contributed by atoms with Crippen LogP contribution in [0.25, 0.3) is 0 Å². The Bertz CT molecular complexity index is 1140. The Kier molecular flexibility index (Phi) is 6.07. The molecule has 178 valence electrons. The van der Waals surface area contributed by atoms with E-state index in [0.29, 0.717) is 30.0 Å². The van der Waals surface area contributed by atoms with Gasteiger partial charge in [0.25, 0.3) is 5.91 Å². The van der Waals surface area contributed by atoms with E-state index in [9.17, 15) is 9.59 Å². The molecule has 2 aliphatic heterocycles. The number of ketones is 1. The Labute approximate surface area is 200 Å². The molecule has 2 aromatic rings. The number of aryl methyl sites for hydroxylation is 1. The Morgan fingerprint density at radius 3 is 2.44 bits per heavy atom. The van der Waals surface area contributed by atoms with E-state index in [4.69, 9.17) is 14.2 Å². The highest BCUT2D eigenvalue weighted by Gasteiger charge is 2.51. The van der Waals surface area contributed by atoms with Gasteiger partial charge in [-0.05, 0) is 55.9 Å². The lowest BCUT2D eigenvalue weighted by atomic mass is 9.77. The molecule has 2 aromatic carbocycles. The molecule has 0 radical (unpaired) electrons. The van der Waals surface area contributed by atoms with Crippen LogP contribution in [0.4, 0.5) is 0 Å². The first-order chi connectivity index (χ1) is 16.5. The fraction of sp³-hybridized carbons (Fsp3) is 0.429. The summed E-state index contributed by atoms with van der Waals surface area (Å²) in [6.45, 7) is 2.50. The molecule has 0 bridgehead atoms. The lowest BCUT2D eigenvalue weighted by molar-refractivity contribution is -0.135. The molecule has 34 heavy (non-hydrogen) atoms. The molecule has 0 spiro atoms. The maximum absolute atomic E-state index is 13.7. The number of carbonyl (C=O) groups is 2. The summed E-state index contributed by atoms with van der Waals surface area (Å²) in [6.07, 6.45) is 4.19. The summed E-state index contributed by atoms with van der Waals surface area (Å²) in [4.78, 5) is 29.1. The highest BCUT2D eigenvalue weighted by atomic mass is 16.5. The quantitative estimate of drug-likeness (QED) is 0.632. The number of rotatable bonds is 6. The molecule has 3 aliphatic rings. The van der Waals surface area contributed by atoms with Crippen LogP contribution in [-0.4, -0.2) is 43.5 Å². The van der Waals surface area contributed by atoms with Crippen molar-refractivity contribution in [2.75, 3.05) is 20.8 Å². The van der Waals surface area contributed by atoms with E-state index in [1.165, 1.54) is 0 Å². The van der Waals surface area contributed by atoms with Gasteiger partial charge < -0.3 is 19.1 Å². The minimum absolute atomic E-state index is 0.0958. The van der Waals surface area contributed by atoms with Crippen molar-refractivity contribution in [2.45, 2.75) is 51.2 Å². The fourth-order valence-electron chi connectivity index (χ4n) is 5.50. The molecule has 2 heterocycles. The zero-order chi connectivity index (χ0) is 23.8. The van der Waals surface area contributed by atoms with Gasteiger partial charge in [0.05, 0.1) is 31.8 Å². The molecule has 1 saturated carbocycles. The fourth-order valence-corrected chi connectivity index (χ4v) is 5.50. The summed E-state index contributed by atoms with van der Waals surface area (Å²) in [7, 11) is 3.22. The molecular formula is C28H31NO5. The minimum atomic E-state index is -0.418. The van der Waals surface area contributed by atoms with Crippen molar-refractivity contribution in [1.29, 1.82) is 0 Å². The first-order valence-corrected chi connectivity index (χ1v) is 12.0. The van der Waals surface area contributed by atoms with Crippen LogP contribution in [0.15, 0.2) is 53.8 Å². The summed E-state index contributed by atoms with van der Waals surface area (Å²) in [5.74, 6) is 1.37. The van der Waals surface area contributed by atoms with E-state index in [2.05, 4.69) is 0 Å². The molecule has 3 unspecified atom stereocenters. The van der Waals surface area contributed by atoms with Gasteiger partial charge in [0.2, 0.25) is 0 Å². The van der Waals surface area contributed by atoms with Crippen molar-refractivity contribution in [3.05, 3.63) is 70.5 Å². The number of hydrogen-bond acceptors (Lipinski definition) is 5. The SMILES string of the molecule is COc1ccc(CCN2C(=O)C3=C(C(=O)C4CCCCC4O3)C2c2ccc(C)cc2)cc1OC. The number of ether oxygens (including phenoxy) is 3. The second-order valence-corrected chi connectivity index (χ2v) is 9.41. The molecule has 0 aromatic heterocycles. The maximum atomic E-state index is 13.7. The smallest absolute Gasteiger partial charge is 0.290 e. The monoisotopic (exact) mass is 461 g/mol. The molecular weight excluding hydrogens is 430 g/mol. The first-order valence-electron chi connectivity index (χ1n) is 12.0. The average molecular weight is 462 g/mol. The van der Waals surface area contributed by atoms with Crippen molar-refractivity contribution in [3.63, 3.8) is 0 Å². The van der Waals surface area contributed by atoms with Crippen molar-refractivity contribution in [2.24, 2.45) is 5.92 Å². The second kappa shape index (κ2) is 9.16. The predicted molar refractivity (Wildman–Crippen MR) is 128 cm³/mol. The van der Waals surface area contributed by atoms with Crippen molar-refractivity contribution < 1.29 is 23.8 Å². The summed E-state index contributed by atoms with van der Waals surface area (Å²) < 4.78 is 17.0. The lowest BCUT2D eigenvalue weighted by Crippen LogP contribution is -2.39. The summed E-state index contributed by atoms with van der Waals surface area (Å²) >= 11 is 0. The molecule has 6 heteroatoms. The van der Waals surface area contributed by atoms with Crippen molar-refractivity contribution in [1.82, 2.24) is 4.90 Å². The zero-order valence-electron chi connectivity index (χ0n) is 20.0. The van der Waals surface area contributed by atoms with Crippen LogP contribution < -0.4 is 9.47 Å². The lowest BCUT2D eigenvalue weighted by Gasteiger charge is -2.35. The van der Waals surface area contributed by atoms with Crippen LogP contribution in [0.1, 0.15) is 48.4 Å². The first kappa shape index (κ1) is 22.5. The molecule has 1 amide bonds. The van der Waals surface area contributed by atoms with Gasteiger partial charge in [-0.3, -0.25) is 9.59 Å². The zero-order valence-corrected chi connectivity index (χ0v) is 20.0. The normalized spacial score (nSPS) is 24.0. The number of benzene rings is 2. The van der Waals surface area contributed by atoms with Crippen LogP contribution in [0.3, 0.4) is 0 Å². The van der Waals surface area contributed by atoms with Gasteiger partial charge in [-0.1, -0.05) is 42.3 Å². The third-order valence-electron chi connectivity index (χ3n) is 7.34. The van der Waals surface area contributed by atoms with Crippen LogP contribution >= 0.6 is 0 Å². The van der Waals surface area contributed by atoms with Gasteiger partial charge in [0.1, 0.15) is 6.10 Å². The Balaban J connectivity index is 1.47. The molecule has 0 N–H and O–H groups in total. The van der Waals surface area contributed by atoms with Crippen LogP contribution in [0, 0.1) is 12.8 Å². The number of nitrogens with zero attached hydrogens (tertiary/aromatic N) is 1. The number of amides is 1. The van der Waals surface area contributed by atoms with E-state index in [0.717, 1.165) is 42.4 Å². The molecule has 0 saturated heterocycles. The van der Waals surface area contributed by atoms with E-state index in [-0.39, 0.29) is 29.5 Å². The van der Waals surface area contributed by atoms with Crippen LogP contribution in [-0.2, 0) is 20.7 Å². The van der Waals surface area contributed by atoms with Gasteiger partial charge in [0.15, 0.2) is 23.0 Å². The van der Waals surface area contributed by atoms with E-state index in [1.807, 2.05) is 49.4 Å². The Hall–Kier alpha value is -3.28. The van der Waals surface area contributed by atoms with Gasteiger partial charge in [-0.15, -0.1) is 0 Å². The van der Waals surface area contributed by atoms with Gasteiger partial charge in [-0.2, -0.15) is 0 Å². The van der Waals surface area contributed by atoms with Crippen LogP contribution in [0.5, 0.6) is 11.5 Å². The highest BCUT2D eigenvalue weighted by Crippen LogP contribution is 2.46. The number of Topliss-reactive ketones (excluding diaryl/α,β-unsaturated/α-hetero) is 1. The molecule has 1 aliphatic carbocycles. The summed E-state index contributed by atoms with van der Waals surface area (Å²) in [5, 5.41) is 0. The van der Waals surface area contributed by atoms with Gasteiger partial charge in [-0.25, -0.2) is 0 Å². The second-order valence-electron chi connectivity index (χ2n) is 9.41. The predicted octanol–water partition coefficient (Wildman–Crippen LogP) is 4.55. The third kappa shape index (κ3) is 3.85. The molecule has 1 fully saturated rings. The number of hydrogen-bond donors (Lipinski definition) is 0. The average Bonchev–Trinajstić information content (AvgIpc) is 3.14. The minimum Gasteiger partial charge on any atom is -0.493 e. The number of methoxy groups -OCH3 is 2. The molecule has 3 atom stereocenters. The largest absolute Gasteiger partial charge is 0.493 e. The van der Waals surface area contributed by atoms with E-state index in [1.54, 1.807) is 19.1 Å². The summed E-state index contributed by atoms with van der Waals surface area (Å²) in [5.41, 5.74) is 3.66. The van der Waals surface area contributed by atoms with E-state index < -0.39 is 6.04 Å². The van der Waals surface area contributed by atoms with E-state index >= 15 is 0 Å². The standard InChI is InChI=1S/C28H31NO5/c1-17-8-11-19(12-9-17)25-24-26(30)20-6-4-5-7-21(20)34-27(24)28(31)29(25)15-14-18-10-13-22(32-2)23(16-18)33-3/h8-13,16,20-21,25H,4-7,14-15H2,1-3H3. The molecule has 6 nitrogen and oxygen atoms in total. The maximum Gasteiger partial charge on any atom is 0.290 e. The Morgan fingerprint density at radius 2 is 1.71 bits per heavy atom. The number of carbonyl (C=O) groups excluding carboxylic acids is 2. The van der Waals surface area contributed by atoms with Gasteiger partial charge in [0, 0.05) is 6.54 Å². The number of fused-ring (bicyclic) bond motifs is 1. The topological polar surface area (TPSA) is 65.1 Å². The third-order valence-corrected chi connectivity index (χ3v) is 7.34. The van der Waals surface area contributed by atoms with Crippen molar-refractivity contribution in [3.8, 4) is 11.5 Å².